The van der Waals surface area contributed by atoms with Crippen molar-refractivity contribution < 1.29 is 9.53 Å². The second kappa shape index (κ2) is 9.82. The lowest BCUT2D eigenvalue weighted by Crippen LogP contribution is -2.33. The van der Waals surface area contributed by atoms with Gasteiger partial charge in [-0.2, -0.15) is 0 Å². The van der Waals surface area contributed by atoms with Gasteiger partial charge in [-0.3, -0.25) is 9.59 Å². The van der Waals surface area contributed by atoms with E-state index in [2.05, 4.69) is 27.1 Å². The lowest BCUT2D eigenvalue weighted by molar-refractivity contribution is -0.121. The molecule has 2 aromatic rings. The molecular formula is C21H26N4O3. The summed E-state index contributed by atoms with van der Waals surface area (Å²) < 4.78 is 5.63. The van der Waals surface area contributed by atoms with Gasteiger partial charge in [0.1, 0.15) is 11.4 Å². The van der Waals surface area contributed by atoms with Crippen LogP contribution in [0.15, 0.2) is 41.7 Å². The van der Waals surface area contributed by atoms with Crippen LogP contribution in [0.1, 0.15) is 44.2 Å². The van der Waals surface area contributed by atoms with Crippen molar-refractivity contribution in [2.45, 2.75) is 51.0 Å². The van der Waals surface area contributed by atoms with E-state index in [0.717, 1.165) is 32.1 Å². The maximum Gasteiger partial charge on any atom is 0.273 e. The number of rotatable bonds is 9. The van der Waals surface area contributed by atoms with Gasteiger partial charge >= 0.3 is 0 Å². The highest BCUT2D eigenvalue weighted by atomic mass is 16.5. The normalized spacial score (nSPS) is 14.0. The number of aromatic nitrogens is 3. The number of carbonyl (C=O) groups excluding carboxylic acids is 1. The Bertz CT molecular complexity index is 872. The Hall–Kier alpha value is -2.96. The van der Waals surface area contributed by atoms with Crippen LogP contribution in [0.4, 0.5) is 0 Å². The molecule has 1 fully saturated rings. The van der Waals surface area contributed by atoms with Gasteiger partial charge in [0.2, 0.25) is 5.91 Å². The largest absolute Gasteiger partial charge is 0.493 e. The third-order valence-electron chi connectivity index (χ3n) is 4.77. The van der Waals surface area contributed by atoms with Gasteiger partial charge in [-0.25, -0.2) is 0 Å². The summed E-state index contributed by atoms with van der Waals surface area (Å²) in [5.41, 5.74) is 0.659. The highest BCUT2D eigenvalue weighted by molar-refractivity contribution is 5.76. The van der Waals surface area contributed by atoms with Crippen LogP contribution in [0.3, 0.4) is 0 Å². The number of ether oxygens (including phenoxy) is 1. The predicted molar refractivity (Wildman–Crippen MR) is 107 cm³/mol. The van der Waals surface area contributed by atoms with Crippen LogP contribution in [-0.4, -0.2) is 33.7 Å². The number of hydrogen-bond donors (Lipinski definition) is 2. The zero-order valence-corrected chi connectivity index (χ0v) is 15.9. The van der Waals surface area contributed by atoms with E-state index in [1.54, 1.807) is 12.1 Å². The highest BCUT2D eigenvalue weighted by Crippen LogP contribution is 2.20. The van der Waals surface area contributed by atoms with Gasteiger partial charge in [0.15, 0.2) is 5.82 Å². The van der Waals surface area contributed by atoms with Crippen LogP contribution >= 0.6 is 0 Å². The summed E-state index contributed by atoms with van der Waals surface area (Å²) >= 11 is 0. The van der Waals surface area contributed by atoms with Gasteiger partial charge in [0, 0.05) is 24.4 Å². The minimum Gasteiger partial charge on any atom is -0.493 e. The minimum absolute atomic E-state index is 0.0402. The van der Waals surface area contributed by atoms with Crippen molar-refractivity contribution in [3.8, 4) is 17.1 Å². The molecule has 1 aliphatic rings. The first kappa shape index (κ1) is 19.8. The van der Waals surface area contributed by atoms with E-state index in [-0.39, 0.29) is 36.0 Å². The van der Waals surface area contributed by atoms with Crippen LogP contribution in [0.25, 0.3) is 11.4 Å². The Morgan fingerprint density at radius 2 is 2.14 bits per heavy atom. The van der Waals surface area contributed by atoms with E-state index in [4.69, 9.17) is 4.74 Å². The Morgan fingerprint density at radius 1 is 1.32 bits per heavy atom. The summed E-state index contributed by atoms with van der Waals surface area (Å²) in [5.74, 6) is 1.02. The molecule has 1 aromatic heterocycles. The quantitative estimate of drug-likeness (QED) is 0.513. The molecule has 0 bridgehead atoms. The second-order valence-corrected chi connectivity index (χ2v) is 6.95. The van der Waals surface area contributed by atoms with Gasteiger partial charge in [0.05, 0.1) is 6.61 Å². The Kier molecular flexibility index (Phi) is 6.94. The van der Waals surface area contributed by atoms with Crippen LogP contribution in [0, 0.1) is 0 Å². The minimum atomic E-state index is -0.323. The molecular weight excluding hydrogens is 356 g/mol. The molecule has 1 aromatic carbocycles. The molecule has 1 saturated carbocycles. The van der Waals surface area contributed by atoms with Crippen molar-refractivity contribution in [2.24, 2.45) is 0 Å². The van der Waals surface area contributed by atoms with Gasteiger partial charge < -0.3 is 15.0 Å². The molecule has 1 aliphatic carbocycles. The van der Waals surface area contributed by atoms with Crippen molar-refractivity contribution in [2.75, 3.05) is 6.61 Å². The number of benzene rings is 1. The molecule has 1 amide bonds. The van der Waals surface area contributed by atoms with E-state index < -0.39 is 0 Å². The van der Waals surface area contributed by atoms with Crippen molar-refractivity contribution >= 4 is 5.91 Å². The monoisotopic (exact) mass is 382 g/mol. The maximum atomic E-state index is 12.3. The Morgan fingerprint density at radius 3 is 2.89 bits per heavy atom. The number of nitrogens with zero attached hydrogens (tertiary/aromatic N) is 2. The van der Waals surface area contributed by atoms with Gasteiger partial charge in [-0.15, -0.1) is 16.8 Å². The molecule has 3 rings (SSSR count). The first-order chi connectivity index (χ1) is 13.7. The molecule has 0 unspecified atom stereocenters. The standard InChI is InChI=1S/C21H26N4O3/c1-2-3-13-28-17-10-6-7-15(14-17)20-23-21(27)18(24-25-20)11-12-19(26)22-16-8-4-5-9-16/h2,6-7,10,14,16H,1,3-5,8-9,11-13H2,(H,22,26)(H,23,25,27). The lowest BCUT2D eigenvalue weighted by Gasteiger charge is -2.11. The molecule has 28 heavy (non-hydrogen) atoms. The summed E-state index contributed by atoms with van der Waals surface area (Å²) in [6.07, 6.45) is 7.46. The molecule has 148 valence electrons. The highest BCUT2D eigenvalue weighted by Gasteiger charge is 2.17. The SMILES string of the molecule is C=CCCOc1cccc(-c2nnc(CCC(=O)NC3CCCC3)c(=O)[nH]2)c1. The van der Waals surface area contributed by atoms with E-state index in [0.29, 0.717) is 23.7 Å². The summed E-state index contributed by atoms with van der Waals surface area (Å²) in [6, 6.07) is 7.59. The topological polar surface area (TPSA) is 97.0 Å². The Balaban J connectivity index is 1.60. The van der Waals surface area contributed by atoms with Crippen LogP contribution < -0.4 is 15.6 Å². The number of aromatic amines is 1. The van der Waals surface area contributed by atoms with E-state index in [1.807, 2.05) is 18.2 Å². The number of H-pyrrole nitrogens is 1. The maximum absolute atomic E-state index is 12.3. The fourth-order valence-electron chi connectivity index (χ4n) is 3.25. The van der Waals surface area contributed by atoms with E-state index >= 15 is 0 Å². The zero-order valence-electron chi connectivity index (χ0n) is 15.9. The molecule has 0 atom stereocenters. The zero-order chi connectivity index (χ0) is 19.8. The summed E-state index contributed by atoms with van der Waals surface area (Å²) in [4.78, 5) is 27.1. The van der Waals surface area contributed by atoms with Crippen molar-refractivity contribution in [1.29, 1.82) is 0 Å². The van der Waals surface area contributed by atoms with Crippen LogP contribution in [0.5, 0.6) is 5.75 Å². The Labute approximate surface area is 164 Å². The molecule has 0 radical (unpaired) electrons. The average molecular weight is 382 g/mol. The second-order valence-electron chi connectivity index (χ2n) is 6.95. The fourth-order valence-corrected chi connectivity index (χ4v) is 3.25. The number of nitrogens with one attached hydrogen (secondary N) is 2. The lowest BCUT2D eigenvalue weighted by atomic mass is 10.2. The average Bonchev–Trinajstić information content (AvgIpc) is 3.20. The first-order valence-electron chi connectivity index (χ1n) is 9.75. The third kappa shape index (κ3) is 5.52. The van der Waals surface area contributed by atoms with Gasteiger partial charge in [0.25, 0.3) is 5.56 Å². The van der Waals surface area contributed by atoms with Crippen molar-refractivity contribution in [3.63, 3.8) is 0 Å². The number of hydrogen-bond acceptors (Lipinski definition) is 5. The summed E-state index contributed by atoms with van der Waals surface area (Å²) in [7, 11) is 0. The molecule has 0 saturated heterocycles. The van der Waals surface area contributed by atoms with Crippen molar-refractivity contribution in [1.82, 2.24) is 20.5 Å². The summed E-state index contributed by atoms with van der Waals surface area (Å²) in [5, 5.41) is 11.2. The van der Waals surface area contributed by atoms with E-state index in [9.17, 15) is 9.59 Å². The fraction of sp³-hybridized carbons (Fsp3) is 0.429. The number of amides is 1. The molecule has 1 heterocycles. The van der Waals surface area contributed by atoms with Crippen molar-refractivity contribution in [3.05, 3.63) is 53.0 Å². The van der Waals surface area contributed by atoms with Gasteiger partial charge in [-0.05, 0) is 31.4 Å². The number of aryl methyl sites for hydroxylation is 1. The van der Waals surface area contributed by atoms with Crippen LogP contribution in [-0.2, 0) is 11.2 Å². The molecule has 2 N–H and O–H groups in total. The van der Waals surface area contributed by atoms with Gasteiger partial charge in [-0.1, -0.05) is 31.1 Å². The molecule has 0 aliphatic heterocycles. The summed E-state index contributed by atoms with van der Waals surface area (Å²) in [6.45, 7) is 4.20. The molecule has 0 spiro atoms. The van der Waals surface area contributed by atoms with Crippen LogP contribution in [0.2, 0.25) is 0 Å². The predicted octanol–water partition coefficient (Wildman–Crippen LogP) is 2.78. The molecule has 7 nitrogen and oxygen atoms in total. The van der Waals surface area contributed by atoms with E-state index in [1.165, 1.54) is 0 Å². The molecule has 7 heteroatoms. The number of carbonyl (C=O) groups is 1. The smallest absolute Gasteiger partial charge is 0.273 e. The third-order valence-corrected chi connectivity index (χ3v) is 4.77. The first-order valence-corrected chi connectivity index (χ1v) is 9.75.